The number of rotatable bonds is 5. The van der Waals surface area contributed by atoms with Crippen LogP contribution >= 0.6 is 12.2 Å². The Kier molecular flexibility index (Phi) is 7.63. The normalized spacial score (nSPS) is 16.1. The molecule has 0 atom stereocenters. The van der Waals surface area contributed by atoms with Crippen molar-refractivity contribution in [3.8, 4) is 0 Å². The monoisotopic (exact) mass is 275 g/mol. The van der Waals surface area contributed by atoms with E-state index in [4.69, 9.17) is 21.7 Å². The van der Waals surface area contributed by atoms with Gasteiger partial charge in [0, 0.05) is 19.6 Å². The standard InChI is InChI=1S/C11H21N3O3S/c1-2-17-11(15)13-10(18)12-4-3-5-14-6-8-16-9-7-14/h2-9H2,1H3,(H2,12,13,15,18). The Morgan fingerprint density at radius 3 is 2.83 bits per heavy atom. The molecular weight excluding hydrogens is 254 g/mol. The molecule has 0 bridgehead atoms. The topological polar surface area (TPSA) is 62.8 Å². The molecule has 0 aromatic heterocycles. The van der Waals surface area contributed by atoms with Crippen molar-refractivity contribution in [3.63, 3.8) is 0 Å². The molecule has 1 fully saturated rings. The summed E-state index contributed by atoms with van der Waals surface area (Å²) >= 11 is 4.96. The molecule has 6 nitrogen and oxygen atoms in total. The van der Waals surface area contributed by atoms with Crippen molar-refractivity contribution in [2.75, 3.05) is 46.0 Å². The van der Waals surface area contributed by atoms with Crippen molar-refractivity contribution < 1.29 is 14.3 Å². The number of morpholine rings is 1. The Balaban J connectivity index is 1.99. The van der Waals surface area contributed by atoms with E-state index in [0.717, 1.165) is 45.8 Å². The number of carbonyl (C=O) groups excluding carboxylic acids is 1. The van der Waals surface area contributed by atoms with E-state index in [1.54, 1.807) is 6.92 Å². The zero-order valence-corrected chi connectivity index (χ0v) is 11.6. The van der Waals surface area contributed by atoms with Crippen LogP contribution in [0.15, 0.2) is 0 Å². The Hall–Kier alpha value is -0.920. The molecule has 1 saturated heterocycles. The Morgan fingerprint density at radius 2 is 2.17 bits per heavy atom. The first kappa shape index (κ1) is 15.1. The number of carbonyl (C=O) groups is 1. The van der Waals surface area contributed by atoms with Gasteiger partial charge in [-0.1, -0.05) is 0 Å². The second kappa shape index (κ2) is 9.07. The summed E-state index contributed by atoms with van der Waals surface area (Å²) in [4.78, 5) is 13.4. The van der Waals surface area contributed by atoms with Gasteiger partial charge >= 0.3 is 6.09 Å². The summed E-state index contributed by atoms with van der Waals surface area (Å²) in [5.41, 5.74) is 0. The molecule has 2 N–H and O–H groups in total. The van der Waals surface area contributed by atoms with E-state index >= 15 is 0 Å². The SMILES string of the molecule is CCOC(=O)NC(=S)NCCCN1CCOCC1. The van der Waals surface area contributed by atoms with Crippen molar-refractivity contribution in [2.45, 2.75) is 13.3 Å². The van der Waals surface area contributed by atoms with Crippen LogP contribution in [-0.2, 0) is 9.47 Å². The van der Waals surface area contributed by atoms with Crippen LogP contribution < -0.4 is 10.6 Å². The second-order valence-electron chi connectivity index (χ2n) is 3.91. The summed E-state index contributed by atoms with van der Waals surface area (Å²) in [6.07, 6.45) is 0.466. The average molecular weight is 275 g/mol. The molecule has 0 radical (unpaired) electrons. The van der Waals surface area contributed by atoms with Crippen LogP contribution in [0.2, 0.25) is 0 Å². The average Bonchev–Trinajstić information content (AvgIpc) is 2.36. The van der Waals surface area contributed by atoms with Gasteiger partial charge in [0.25, 0.3) is 0 Å². The van der Waals surface area contributed by atoms with Crippen LogP contribution in [0.4, 0.5) is 4.79 Å². The van der Waals surface area contributed by atoms with Gasteiger partial charge in [-0.2, -0.15) is 0 Å². The van der Waals surface area contributed by atoms with Crippen LogP contribution in [0.1, 0.15) is 13.3 Å². The fourth-order valence-corrected chi connectivity index (χ4v) is 1.82. The van der Waals surface area contributed by atoms with E-state index < -0.39 is 6.09 Å². The molecule has 104 valence electrons. The van der Waals surface area contributed by atoms with Crippen LogP contribution in [-0.4, -0.2) is 62.1 Å². The van der Waals surface area contributed by atoms with E-state index in [2.05, 4.69) is 15.5 Å². The second-order valence-corrected chi connectivity index (χ2v) is 4.32. The Labute approximate surface area is 113 Å². The molecule has 0 spiro atoms. The van der Waals surface area contributed by atoms with Crippen LogP contribution in [0.3, 0.4) is 0 Å². The zero-order chi connectivity index (χ0) is 13.2. The lowest BCUT2D eigenvalue weighted by Crippen LogP contribution is -2.41. The van der Waals surface area contributed by atoms with E-state index in [1.165, 1.54) is 0 Å². The fraction of sp³-hybridized carbons (Fsp3) is 0.818. The van der Waals surface area contributed by atoms with Crippen LogP contribution in [0.25, 0.3) is 0 Å². The molecule has 18 heavy (non-hydrogen) atoms. The number of hydrogen-bond donors (Lipinski definition) is 2. The first-order valence-electron chi connectivity index (χ1n) is 6.24. The lowest BCUT2D eigenvalue weighted by Gasteiger charge is -2.26. The van der Waals surface area contributed by atoms with Gasteiger partial charge in [-0.15, -0.1) is 0 Å². The number of amides is 1. The molecule has 0 aliphatic carbocycles. The van der Waals surface area contributed by atoms with Crippen LogP contribution in [0.5, 0.6) is 0 Å². The van der Waals surface area contributed by atoms with E-state index in [0.29, 0.717) is 11.7 Å². The highest BCUT2D eigenvalue weighted by Gasteiger charge is 2.09. The quantitative estimate of drug-likeness (QED) is 0.557. The number of alkyl carbamates (subject to hydrolysis) is 1. The van der Waals surface area contributed by atoms with Crippen molar-refractivity contribution in [1.82, 2.24) is 15.5 Å². The Morgan fingerprint density at radius 1 is 1.44 bits per heavy atom. The minimum Gasteiger partial charge on any atom is -0.450 e. The minimum atomic E-state index is -0.511. The molecule has 1 heterocycles. The highest BCUT2D eigenvalue weighted by molar-refractivity contribution is 7.80. The third-order valence-electron chi connectivity index (χ3n) is 2.53. The molecule has 1 aliphatic heterocycles. The maximum absolute atomic E-state index is 11.1. The smallest absolute Gasteiger partial charge is 0.413 e. The molecule has 0 saturated carbocycles. The van der Waals surface area contributed by atoms with Crippen molar-refractivity contribution >= 4 is 23.4 Å². The molecule has 1 rings (SSSR count). The predicted molar refractivity (Wildman–Crippen MR) is 72.6 cm³/mol. The molecule has 7 heteroatoms. The summed E-state index contributed by atoms with van der Waals surface area (Å²) < 4.78 is 9.99. The van der Waals surface area contributed by atoms with Crippen LogP contribution in [0, 0.1) is 0 Å². The van der Waals surface area contributed by atoms with Gasteiger partial charge in [0.1, 0.15) is 0 Å². The van der Waals surface area contributed by atoms with E-state index in [-0.39, 0.29) is 0 Å². The number of nitrogens with zero attached hydrogens (tertiary/aromatic N) is 1. The maximum atomic E-state index is 11.1. The first-order valence-corrected chi connectivity index (χ1v) is 6.65. The van der Waals surface area contributed by atoms with Gasteiger partial charge < -0.3 is 14.8 Å². The first-order chi connectivity index (χ1) is 8.72. The predicted octanol–water partition coefficient (Wildman–Crippen LogP) is 0.329. The summed E-state index contributed by atoms with van der Waals surface area (Å²) in [5.74, 6) is 0. The van der Waals surface area contributed by atoms with Crippen molar-refractivity contribution in [3.05, 3.63) is 0 Å². The Bertz CT molecular complexity index is 270. The third kappa shape index (κ3) is 6.73. The highest BCUT2D eigenvalue weighted by atomic mass is 32.1. The van der Waals surface area contributed by atoms with E-state index in [9.17, 15) is 4.79 Å². The molecule has 0 aromatic rings. The summed E-state index contributed by atoms with van der Waals surface area (Å²) in [5, 5.41) is 5.73. The number of hydrogen-bond acceptors (Lipinski definition) is 5. The largest absolute Gasteiger partial charge is 0.450 e. The minimum absolute atomic E-state index is 0.315. The lowest BCUT2D eigenvalue weighted by atomic mass is 10.3. The number of thiocarbonyl (C=S) groups is 1. The highest BCUT2D eigenvalue weighted by Crippen LogP contribution is 1.97. The summed E-state index contributed by atoms with van der Waals surface area (Å²) in [7, 11) is 0. The van der Waals surface area contributed by atoms with Gasteiger partial charge in [-0.3, -0.25) is 10.2 Å². The molecular formula is C11H21N3O3S. The van der Waals surface area contributed by atoms with Gasteiger partial charge in [0.05, 0.1) is 19.8 Å². The van der Waals surface area contributed by atoms with Crippen molar-refractivity contribution in [2.24, 2.45) is 0 Å². The number of ether oxygens (including phenoxy) is 2. The lowest BCUT2D eigenvalue weighted by molar-refractivity contribution is 0.0376. The summed E-state index contributed by atoms with van der Waals surface area (Å²) in [6.45, 7) is 7.45. The zero-order valence-electron chi connectivity index (χ0n) is 10.7. The molecule has 1 amide bonds. The number of nitrogens with one attached hydrogen (secondary N) is 2. The van der Waals surface area contributed by atoms with Gasteiger partial charge in [-0.25, -0.2) is 4.79 Å². The van der Waals surface area contributed by atoms with Gasteiger partial charge in [-0.05, 0) is 32.1 Å². The third-order valence-corrected chi connectivity index (χ3v) is 2.78. The molecule has 1 aliphatic rings. The van der Waals surface area contributed by atoms with E-state index in [1.807, 2.05) is 0 Å². The van der Waals surface area contributed by atoms with Gasteiger partial charge in [0.2, 0.25) is 0 Å². The van der Waals surface area contributed by atoms with Crippen molar-refractivity contribution in [1.29, 1.82) is 0 Å². The molecule has 0 unspecified atom stereocenters. The maximum Gasteiger partial charge on any atom is 0.413 e. The fourth-order valence-electron chi connectivity index (χ4n) is 1.63. The molecule has 0 aromatic carbocycles. The van der Waals surface area contributed by atoms with Gasteiger partial charge in [0.15, 0.2) is 5.11 Å². The summed E-state index contributed by atoms with van der Waals surface area (Å²) in [6, 6.07) is 0.